The lowest BCUT2D eigenvalue weighted by atomic mass is 9.69. The van der Waals surface area contributed by atoms with E-state index in [1.807, 2.05) is 0 Å². The molecular weight excluding hydrogens is 382 g/mol. The Morgan fingerprint density at radius 1 is 0.889 bits per heavy atom. The summed E-state index contributed by atoms with van der Waals surface area (Å²) >= 11 is 6.60. The molecule has 6 atom stereocenters. The van der Waals surface area contributed by atoms with Crippen molar-refractivity contribution in [3.8, 4) is 0 Å². The van der Waals surface area contributed by atoms with Gasteiger partial charge in [0.2, 0.25) is 0 Å². The zero-order valence-corrected chi connectivity index (χ0v) is 19.0. The molecule has 0 amide bonds. The van der Waals surface area contributed by atoms with E-state index in [0.717, 1.165) is 0 Å². The Hall–Kier alpha value is -1.00. The van der Waals surface area contributed by atoms with Crippen molar-refractivity contribution in [2.75, 3.05) is 0 Å². The third-order valence-corrected chi connectivity index (χ3v) is 16.5. The maximum absolute atomic E-state index is 6.60. The molecule has 0 saturated carbocycles. The van der Waals surface area contributed by atoms with Crippen molar-refractivity contribution in [1.82, 2.24) is 0 Å². The Kier molecular flexibility index (Phi) is 4.01. The topological polar surface area (TPSA) is 0 Å². The molecule has 2 aromatic carbocycles. The van der Waals surface area contributed by atoms with Gasteiger partial charge in [-0.15, -0.1) is 0 Å². The van der Waals surface area contributed by atoms with E-state index in [4.69, 9.17) is 11.8 Å². The van der Waals surface area contributed by atoms with Crippen LogP contribution in [0.5, 0.6) is 0 Å². The number of hydrogen-bond acceptors (Lipinski definition) is 1. The average molecular weight is 408 g/mol. The third-order valence-electron chi connectivity index (χ3n) is 7.40. The van der Waals surface area contributed by atoms with Gasteiger partial charge < -0.3 is 0 Å². The van der Waals surface area contributed by atoms with Gasteiger partial charge in [0.15, 0.2) is 0 Å². The van der Waals surface area contributed by atoms with Crippen LogP contribution in [0.1, 0.15) is 27.7 Å². The van der Waals surface area contributed by atoms with Crippen LogP contribution in [0.3, 0.4) is 0 Å². The highest BCUT2D eigenvalue weighted by Crippen LogP contribution is 2.83. The lowest BCUT2D eigenvalue weighted by molar-refractivity contribution is 0.399. The monoisotopic (exact) mass is 408 g/mol. The van der Waals surface area contributed by atoms with Crippen LogP contribution in [0.2, 0.25) is 0 Å². The van der Waals surface area contributed by atoms with Gasteiger partial charge in [0.05, 0.1) is 0 Å². The first-order valence-corrected chi connectivity index (χ1v) is 14.2. The van der Waals surface area contributed by atoms with Crippen LogP contribution >= 0.6 is 14.0 Å². The normalized spacial score (nSPS) is 39.6. The Balaban J connectivity index is 1.75. The van der Waals surface area contributed by atoms with Gasteiger partial charge in [0, 0.05) is 28.4 Å². The van der Waals surface area contributed by atoms with E-state index in [2.05, 4.69) is 94.2 Å². The van der Waals surface area contributed by atoms with Crippen molar-refractivity contribution < 1.29 is 0 Å². The zero-order chi connectivity index (χ0) is 19.0. The fourth-order valence-electron chi connectivity index (χ4n) is 6.01. The van der Waals surface area contributed by atoms with Gasteiger partial charge in [-0.1, -0.05) is 104 Å². The van der Waals surface area contributed by atoms with Crippen LogP contribution in [-0.4, -0.2) is 17.0 Å². The minimum atomic E-state index is -1.76. The standard InChI is InChI=1S/C24H26P2S/c1-16-15-26(27,20-13-9-6-10-14-20)23-21-17(2)18(3)22(24(16,23)4)25(21)19-11-7-5-8-12-19/h5-15,21-23H,1-4H3/t21-,22+,23-,24+,25?,26?/m1/s1. The second-order valence-electron chi connectivity index (χ2n) is 8.54. The van der Waals surface area contributed by atoms with E-state index in [-0.39, 0.29) is 13.3 Å². The molecule has 2 unspecified atom stereocenters. The van der Waals surface area contributed by atoms with Crippen LogP contribution in [-0.2, 0) is 11.8 Å². The fourth-order valence-corrected chi connectivity index (χ4v) is 17.5. The molecule has 2 bridgehead atoms. The molecule has 0 aromatic heterocycles. The molecule has 3 aliphatic heterocycles. The molecule has 0 aliphatic carbocycles. The Bertz CT molecular complexity index is 1020. The van der Waals surface area contributed by atoms with Crippen molar-refractivity contribution in [3.63, 3.8) is 0 Å². The number of allylic oxidation sites excluding steroid dienone is 3. The highest BCUT2D eigenvalue weighted by molar-refractivity contribution is 8.20. The van der Waals surface area contributed by atoms with Gasteiger partial charge in [-0.05, 0) is 37.2 Å². The molecule has 3 aliphatic rings. The van der Waals surface area contributed by atoms with Crippen molar-refractivity contribution in [2.24, 2.45) is 5.41 Å². The first-order valence-electron chi connectivity index (χ1n) is 9.76. The summed E-state index contributed by atoms with van der Waals surface area (Å²) in [4.78, 5) is 0. The Labute approximate surface area is 169 Å². The average Bonchev–Trinajstić information content (AvgIpc) is 3.19. The lowest BCUT2D eigenvalue weighted by Crippen LogP contribution is -2.41. The number of benzene rings is 2. The SMILES string of the molecule is CC1=CP(=S)(c2ccccc2)[C@@H]2[C@H]3C(C)=C(C)[C@H](P3c3ccccc3)[C@]12C. The smallest absolute Gasteiger partial charge is 0.0161 e. The second-order valence-corrected chi connectivity index (χ2v) is 15.5. The largest absolute Gasteiger partial charge is 0.0879 e. The molecule has 1 fully saturated rings. The molecule has 3 heterocycles. The lowest BCUT2D eigenvalue weighted by Gasteiger charge is -2.41. The van der Waals surface area contributed by atoms with E-state index in [0.29, 0.717) is 17.0 Å². The van der Waals surface area contributed by atoms with Crippen molar-refractivity contribution >= 4 is 36.4 Å². The molecule has 0 radical (unpaired) electrons. The summed E-state index contributed by atoms with van der Waals surface area (Å²) in [6, 6.07) is 20.6. The van der Waals surface area contributed by atoms with Gasteiger partial charge in [0.25, 0.3) is 0 Å². The molecule has 5 rings (SSSR count). The Morgan fingerprint density at radius 3 is 2.11 bits per heavy atom. The van der Waals surface area contributed by atoms with Gasteiger partial charge in [0.1, 0.15) is 0 Å². The molecule has 0 N–H and O–H groups in total. The maximum Gasteiger partial charge on any atom is 0.0161 e. The molecule has 1 saturated heterocycles. The molecule has 0 nitrogen and oxygen atoms in total. The van der Waals surface area contributed by atoms with Crippen LogP contribution in [0.15, 0.2) is 83.2 Å². The van der Waals surface area contributed by atoms with E-state index >= 15 is 0 Å². The number of hydrogen-bond donors (Lipinski definition) is 0. The maximum atomic E-state index is 6.60. The first-order chi connectivity index (χ1) is 12.9. The van der Waals surface area contributed by atoms with Crippen molar-refractivity contribution in [1.29, 1.82) is 0 Å². The number of rotatable bonds is 2. The molecular formula is C24H26P2S. The van der Waals surface area contributed by atoms with E-state index in [9.17, 15) is 0 Å². The van der Waals surface area contributed by atoms with E-state index < -0.39 is 6.04 Å². The molecule has 3 heteroatoms. The minimum Gasteiger partial charge on any atom is -0.0879 e. The second kappa shape index (κ2) is 6.00. The first kappa shape index (κ1) is 18.1. The summed E-state index contributed by atoms with van der Waals surface area (Å²) in [5.74, 6) is 2.55. The predicted octanol–water partition coefficient (Wildman–Crippen LogP) is 5.99. The van der Waals surface area contributed by atoms with E-state index in [1.54, 1.807) is 22.0 Å². The molecule has 27 heavy (non-hydrogen) atoms. The van der Waals surface area contributed by atoms with Crippen LogP contribution in [0.4, 0.5) is 0 Å². The van der Waals surface area contributed by atoms with Gasteiger partial charge >= 0.3 is 0 Å². The highest BCUT2D eigenvalue weighted by atomic mass is 32.4. The highest BCUT2D eigenvalue weighted by Gasteiger charge is 2.68. The summed E-state index contributed by atoms with van der Waals surface area (Å²) in [5, 5.41) is 2.98. The molecule has 0 spiro atoms. The Morgan fingerprint density at radius 2 is 1.48 bits per heavy atom. The summed E-state index contributed by atoms with van der Waals surface area (Å²) < 4.78 is 0. The quantitative estimate of drug-likeness (QED) is 0.434. The summed E-state index contributed by atoms with van der Waals surface area (Å²) in [5.41, 5.74) is 6.95. The summed E-state index contributed by atoms with van der Waals surface area (Å²) in [7, 11) is -0.241. The third kappa shape index (κ3) is 2.17. The van der Waals surface area contributed by atoms with Crippen LogP contribution in [0, 0.1) is 5.41 Å². The van der Waals surface area contributed by atoms with Gasteiger partial charge in [-0.3, -0.25) is 0 Å². The minimum absolute atomic E-state index is 0.223. The van der Waals surface area contributed by atoms with Crippen LogP contribution in [0.25, 0.3) is 0 Å². The number of fused-ring (bicyclic) bond motifs is 5. The van der Waals surface area contributed by atoms with Crippen molar-refractivity contribution in [3.05, 3.63) is 83.2 Å². The van der Waals surface area contributed by atoms with Crippen molar-refractivity contribution in [2.45, 2.75) is 44.7 Å². The zero-order valence-electron chi connectivity index (χ0n) is 16.4. The summed E-state index contributed by atoms with van der Waals surface area (Å²) in [6.07, 6.45) is 0. The van der Waals surface area contributed by atoms with Gasteiger partial charge in [-0.25, -0.2) is 0 Å². The fraction of sp³-hybridized carbons (Fsp3) is 0.333. The molecule has 138 valence electrons. The van der Waals surface area contributed by atoms with E-state index in [1.165, 1.54) is 5.30 Å². The van der Waals surface area contributed by atoms with Crippen LogP contribution < -0.4 is 10.6 Å². The molecule has 2 aromatic rings. The predicted molar refractivity (Wildman–Crippen MR) is 125 cm³/mol. The van der Waals surface area contributed by atoms with Gasteiger partial charge in [-0.2, -0.15) is 0 Å². The summed E-state index contributed by atoms with van der Waals surface area (Å²) in [6.45, 7) is 9.71.